The second kappa shape index (κ2) is 4.87. The number of hydrogen-bond acceptors (Lipinski definition) is 4. The molecule has 4 atom stereocenters. The van der Waals surface area contributed by atoms with E-state index in [1.165, 1.54) is 11.1 Å². The summed E-state index contributed by atoms with van der Waals surface area (Å²) in [5.74, 6) is 1.95. The van der Waals surface area contributed by atoms with Crippen LogP contribution in [0.25, 0.3) is 0 Å². The number of carbonyl (C=O) groups is 1. The molecule has 1 aromatic carbocycles. The van der Waals surface area contributed by atoms with Gasteiger partial charge >= 0.3 is 0 Å². The number of aromatic nitrogens is 4. The third-order valence-corrected chi connectivity index (χ3v) is 6.07. The van der Waals surface area contributed by atoms with Crippen molar-refractivity contribution >= 4 is 21.8 Å². The number of fused-ring (bicyclic) bond motifs is 3. The van der Waals surface area contributed by atoms with Gasteiger partial charge in [-0.1, -0.05) is 27.2 Å². The van der Waals surface area contributed by atoms with Crippen molar-refractivity contribution in [2.75, 3.05) is 6.54 Å². The standard InChI is InChI=1S/C16H16BrN5O/c17-9-4-3-8-6-11-13(10(8)7-9)14(11)16(23)22-5-1-2-12(22)15-18-20-21-19-15/h3-4,7,11-14H,1-2,5-6H2,(H,18,19,20,21)/t11?,12-,13?,14?/m0/s1. The van der Waals surface area contributed by atoms with Gasteiger partial charge in [-0.15, -0.1) is 10.2 Å². The molecule has 6 nitrogen and oxygen atoms in total. The molecule has 0 radical (unpaired) electrons. The predicted octanol–water partition coefficient (Wildman–Crippen LogP) is 2.21. The molecule has 2 aromatic rings. The fraction of sp³-hybridized carbons (Fsp3) is 0.500. The van der Waals surface area contributed by atoms with Gasteiger partial charge in [0, 0.05) is 16.9 Å². The van der Waals surface area contributed by atoms with Crippen molar-refractivity contribution in [2.45, 2.75) is 31.2 Å². The van der Waals surface area contributed by atoms with Crippen molar-refractivity contribution in [1.82, 2.24) is 25.5 Å². The fourth-order valence-corrected chi connectivity index (χ4v) is 4.88. The van der Waals surface area contributed by atoms with E-state index in [2.05, 4.69) is 54.8 Å². The number of hydrogen-bond donors (Lipinski definition) is 1. The summed E-state index contributed by atoms with van der Waals surface area (Å²) in [4.78, 5) is 15.0. The lowest BCUT2D eigenvalue weighted by atomic mass is 10.0. The molecule has 0 bridgehead atoms. The summed E-state index contributed by atoms with van der Waals surface area (Å²) in [6.07, 6.45) is 2.97. The van der Waals surface area contributed by atoms with Gasteiger partial charge in [0.2, 0.25) is 5.91 Å². The zero-order valence-corrected chi connectivity index (χ0v) is 14.0. The largest absolute Gasteiger partial charge is 0.332 e. The molecule has 2 fully saturated rings. The molecular weight excluding hydrogens is 358 g/mol. The molecule has 118 valence electrons. The average molecular weight is 374 g/mol. The third-order valence-electron chi connectivity index (χ3n) is 5.57. The number of nitrogens with zero attached hydrogens (tertiary/aromatic N) is 4. The van der Waals surface area contributed by atoms with Gasteiger partial charge in [-0.05, 0) is 54.4 Å². The summed E-state index contributed by atoms with van der Waals surface area (Å²) in [5, 5.41) is 14.3. The number of likely N-dealkylation sites (tertiary alicyclic amines) is 1. The Morgan fingerprint density at radius 2 is 2.30 bits per heavy atom. The van der Waals surface area contributed by atoms with Crippen LogP contribution >= 0.6 is 15.9 Å². The summed E-state index contributed by atoms with van der Waals surface area (Å²) >= 11 is 3.55. The lowest BCUT2D eigenvalue weighted by Gasteiger charge is -2.23. The average Bonchev–Trinajstić information content (AvgIpc) is 3.03. The smallest absolute Gasteiger partial charge is 0.227 e. The minimum Gasteiger partial charge on any atom is -0.332 e. The van der Waals surface area contributed by atoms with Crippen molar-refractivity contribution in [3.63, 3.8) is 0 Å². The lowest BCUT2D eigenvalue weighted by molar-refractivity contribution is -0.134. The number of aromatic amines is 1. The minimum absolute atomic E-state index is 0.00967. The first-order chi connectivity index (χ1) is 11.2. The molecule has 23 heavy (non-hydrogen) atoms. The molecule has 3 aliphatic rings. The van der Waals surface area contributed by atoms with E-state index < -0.39 is 0 Å². The Morgan fingerprint density at radius 1 is 1.39 bits per heavy atom. The first kappa shape index (κ1) is 13.7. The highest BCUT2D eigenvalue weighted by molar-refractivity contribution is 9.10. The summed E-state index contributed by atoms with van der Waals surface area (Å²) in [7, 11) is 0. The van der Waals surface area contributed by atoms with Gasteiger partial charge in [-0.3, -0.25) is 4.79 Å². The van der Waals surface area contributed by atoms with Crippen LogP contribution in [0.1, 0.15) is 41.8 Å². The van der Waals surface area contributed by atoms with Gasteiger partial charge in [-0.25, -0.2) is 0 Å². The summed E-state index contributed by atoms with van der Waals surface area (Å²) in [6, 6.07) is 6.45. The monoisotopic (exact) mass is 373 g/mol. The van der Waals surface area contributed by atoms with E-state index in [1.54, 1.807) is 0 Å². The van der Waals surface area contributed by atoms with Crippen LogP contribution in [0.2, 0.25) is 0 Å². The number of amides is 1. The topological polar surface area (TPSA) is 74.8 Å². The number of H-pyrrole nitrogens is 1. The Balaban J connectivity index is 1.39. The SMILES string of the molecule is O=C(C1C2Cc3ccc(Br)cc3C21)N1CCC[C@H]1c1nn[nH]n1. The van der Waals surface area contributed by atoms with Gasteiger partial charge in [0.15, 0.2) is 5.82 Å². The van der Waals surface area contributed by atoms with E-state index in [1.807, 2.05) is 4.90 Å². The van der Waals surface area contributed by atoms with E-state index in [9.17, 15) is 4.79 Å². The van der Waals surface area contributed by atoms with Crippen molar-refractivity contribution in [1.29, 1.82) is 0 Å². The van der Waals surface area contributed by atoms with Crippen LogP contribution in [0, 0.1) is 11.8 Å². The molecule has 2 aliphatic carbocycles. The highest BCUT2D eigenvalue weighted by atomic mass is 79.9. The molecule has 1 saturated carbocycles. The molecule has 7 heteroatoms. The predicted molar refractivity (Wildman–Crippen MR) is 85.4 cm³/mol. The lowest BCUT2D eigenvalue weighted by Crippen LogP contribution is -2.33. The van der Waals surface area contributed by atoms with E-state index in [0.717, 1.165) is 30.3 Å². The Morgan fingerprint density at radius 3 is 3.13 bits per heavy atom. The van der Waals surface area contributed by atoms with Crippen LogP contribution in [-0.2, 0) is 11.2 Å². The second-order valence-electron chi connectivity index (χ2n) is 6.72. The van der Waals surface area contributed by atoms with Crippen LogP contribution in [0.5, 0.6) is 0 Å². The van der Waals surface area contributed by atoms with Gasteiger partial charge < -0.3 is 4.90 Å². The van der Waals surface area contributed by atoms with Crippen LogP contribution in [0.4, 0.5) is 0 Å². The Bertz CT molecular complexity index is 777. The molecule has 1 aromatic heterocycles. The number of benzene rings is 1. The summed E-state index contributed by atoms with van der Waals surface area (Å²) in [5.41, 5.74) is 2.77. The van der Waals surface area contributed by atoms with E-state index >= 15 is 0 Å². The summed E-state index contributed by atoms with van der Waals surface area (Å²) < 4.78 is 1.10. The Labute approximate surface area is 141 Å². The van der Waals surface area contributed by atoms with Crippen molar-refractivity contribution in [2.24, 2.45) is 11.8 Å². The van der Waals surface area contributed by atoms with Gasteiger partial charge in [-0.2, -0.15) is 5.21 Å². The summed E-state index contributed by atoms with van der Waals surface area (Å²) in [6.45, 7) is 0.805. The van der Waals surface area contributed by atoms with Gasteiger partial charge in [0.05, 0.1) is 6.04 Å². The molecule has 1 aliphatic heterocycles. The Kier molecular flexibility index (Phi) is 2.89. The molecule has 1 N–H and O–H groups in total. The van der Waals surface area contributed by atoms with Crippen molar-refractivity contribution in [3.8, 4) is 0 Å². The molecule has 1 amide bonds. The van der Waals surface area contributed by atoms with E-state index in [4.69, 9.17) is 0 Å². The first-order valence-electron chi connectivity index (χ1n) is 8.06. The molecule has 3 unspecified atom stereocenters. The van der Waals surface area contributed by atoms with Crippen molar-refractivity contribution in [3.05, 3.63) is 39.6 Å². The molecule has 0 spiro atoms. The number of nitrogens with one attached hydrogen (secondary N) is 1. The molecule has 2 heterocycles. The van der Waals surface area contributed by atoms with Gasteiger partial charge in [0.25, 0.3) is 0 Å². The van der Waals surface area contributed by atoms with Crippen LogP contribution in [0.15, 0.2) is 22.7 Å². The minimum atomic E-state index is -0.00967. The molecule has 1 saturated heterocycles. The normalized spacial score (nSPS) is 31.1. The zero-order chi connectivity index (χ0) is 15.6. The van der Waals surface area contributed by atoms with Crippen molar-refractivity contribution < 1.29 is 4.79 Å². The van der Waals surface area contributed by atoms with Gasteiger partial charge in [0.1, 0.15) is 0 Å². The Hall–Kier alpha value is -1.76. The van der Waals surface area contributed by atoms with E-state index in [0.29, 0.717) is 17.7 Å². The number of tetrazole rings is 1. The highest BCUT2D eigenvalue weighted by Crippen LogP contribution is 2.62. The zero-order valence-electron chi connectivity index (χ0n) is 12.4. The van der Waals surface area contributed by atoms with Crippen LogP contribution in [0.3, 0.4) is 0 Å². The number of rotatable bonds is 2. The molecule has 5 rings (SSSR count). The first-order valence-corrected chi connectivity index (χ1v) is 8.85. The molecular formula is C16H16BrN5O. The maximum Gasteiger partial charge on any atom is 0.227 e. The van der Waals surface area contributed by atoms with Crippen LogP contribution < -0.4 is 0 Å². The number of carbonyl (C=O) groups excluding carboxylic acids is 1. The van der Waals surface area contributed by atoms with E-state index in [-0.39, 0.29) is 17.9 Å². The maximum absolute atomic E-state index is 13.0. The second-order valence-corrected chi connectivity index (χ2v) is 7.64. The third kappa shape index (κ3) is 1.99. The highest BCUT2D eigenvalue weighted by Gasteiger charge is 2.60. The fourth-order valence-electron chi connectivity index (χ4n) is 4.51. The quantitative estimate of drug-likeness (QED) is 0.875. The number of halogens is 1. The van der Waals surface area contributed by atoms with Crippen LogP contribution in [-0.4, -0.2) is 38.0 Å². The maximum atomic E-state index is 13.0.